The van der Waals surface area contributed by atoms with Crippen LogP contribution in [0.15, 0.2) is 58.3 Å². The average molecular weight is 448 g/mol. The minimum absolute atomic E-state index is 0.188. The predicted molar refractivity (Wildman–Crippen MR) is 122 cm³/mol. The van der Waals surface area contributed by atoms with Gasteiger partial charge in [0.1, 0.15) is 0 Å². The molecule has 8 heteroatoms. The van der Waals surface area contributed by atoms with Gasteiger partial charge in [0.2, 0.25) is 15.9 Å². The van der Waals surface area contributed by atoms with Crippen LogP contribution in [-0.2, 0) is 21.4 Å². The maximum absolute atomic E-state index is 12.6. The van der Waals surface area contributed by atoms with Crippen molar-refractivity contribution in [2.75, 3.05) is 31.2 Å². The zero-order chi connectivity index (χ0) is 21.6. The first-order chi connectivity index (χ1) is 14.4. The molecule has 1 amide bonds. The highest BCUT2D eigenvalue weighted by Crippen LogP contribution is 2.24. The summed E-state index contributed by atoms with van der Waals surface area (Å²) in [4.78, 5) is 15.1. The Bertz CT molecular complexity index is 954. The maximum atomic E-state index is 12.6. The van der Waals surface area contributed by atoms with E-state index in [0.717, 1.165) is 32.5 Å². The maximum Gasteiger partial charge on any atom is 0.240 e. The number of anilines is 1. The molecule has 1 fully saturated rings. The number of amides is 1. The van der Waals surface area contributed by atoms with Crippen molar-refractivity contribution in [1.82, 2.24) is 9.62 Å². The Morgan fingerprint density at radius 2 is 1.77 bits per heavy atom. The first kappa shape index (κ1) is 22.8. The molecule has 162 valence electrons. The van der Waals surface area contributed by atoms with E-state index in [0.29, 0.717) is 18.2 Å². The molecule has 1 heterocycles. The van der Waals surface area contributed by atoms with Crippen LogP contribution < -0.4 is 10.0 Å². The lowest BCUT2D eigenvalue weighted by atomic mass is 9.97. The van der Waals surface area contributed by atoms with Crippen molar-refractivity contribution >= 4 is 33.4 Å². The number of likely N-dealkylation sites (tertiary alicyclic amines) is 1. The van der Waals surface area contributed by atoms with Crippen molar-refractivity contribution in [3.05, 3.63) is 54.1 Å². The molecule has 0 saturated carbocycles. The van der Waals surface area contributed by atoms with Gasteiger partial charge >= 0.3 is 0 Å². The molecule has 2 N–H and O–H groups in total. The van der Waals surface area contributed by atoms with E-state index >= 15 is 0 Å². The normalized spacial score (nSPS) is 15.8. The molecule has 2 aromatic rings. The van der Waals surface area contributed by atoms with Gasteiger partial charge in [0, 0.05) is 30.6 Å². The van der Waals surface area contributed by atoms with Crippen molar-refractivity contribution in [2.45, 2.75) is 36.1 Å². The fourth-order valence-electron chi connectivity index (χ4n) is 3.65. The van der Waals surface area contributed by atoms with Gasteiger partial charge in [-0.25, -0.2) is 13.1 Å². The van der Waals surface area contributed by atoms with Crippen LogP contribution in [0.25, 0.3) is 0 Å². The van der Waals surface area contributed by atoms with Crippen molar-refractivity contribution in [3.8, 4) is 0 Å². The van der Waals surface area contributed by atoms with Gasteiger partial charge in [-0.2, -0.15) is 0 Å². The molecular formula is C22H29N3O3S2. The first-order valence-electron chi connectivity index (χ1n) is 10.1. The summed E-state index contributed by atoms with van der Waals surface area (Å²) < 4.78 is 27.9. The summed E-state index contributed by atoms with van der Waals surface area (Å²) in [5.41, 5.74) is 1.93. The average Bonchev–Trinajstić information content (AvgIpc) is 2.74. The third kappa shape index (κ3) is 6.31. The molecular weight excluding hydrogens is 418 g/mol. The molecule has 1 aliphatic rings. The lowest BCUT2D eigenvalue weighted by Crippen LogP contribution is -2.38. The number of rotatable bonds is 8. The number of sulfonamides is 1. The molecule has 1 aliphatic heterocycles. The van der Waals surface area contributed by atoms with E-state index in [2.05, 4.69) is 45.5 Å². The van der Waals surface area contributed by atoms with Gasteiger partial charge in [-0.05, 0) is 74.0 Å². The summed E-state index contributed by atoms with van der Waals surface area (Å²) in [6.07, 6.45) is 4.06. The van der Waals surface area contributed by atoms with Crippen LogP contribution in [0.3, 0.4) is 0 Å². The number of piperidine rings is 1. The van der Waals surface area contributed by atoms with E-state index in [4.69, 9.17) is 0 Å². The number of hydrogen-bond acceptors (Lipinski definition) is 5. The van der Waals surface area contributed by atoms with E-state index in [9.17, 15) is 13.2 Å². The Balaban J connectivity index is 1.48. The summed E-state index contributed by atoms with van der Waals surface area (Å²) >= 11 is 1.77. The second-order valence-electron chi connectivity index (χ2n) is 7.59. The molecule has 0 aliphatic carbocycles. The van der Waals surface area contributed by atoms with Gasteiger partial charge in [-0.1, -0.05) is 18.2 Å². The number of nitrogens with one attached hydrogen (secondary N) is 2. The number of nitrogens with zero attached hydrogens (tertiary/aromatic N) is 1. The highest BCUT2D eigenvalue weighted by Gasteiger charge is 2.22. The zero-order valence-corrected chi connectivity index (χ0v) is 19.1. The lowest BCUT2D eigenvalue weighted by Gasteiger charge is -2.32. The topological polar surface area (TPSA) is 78.5 Å². The standard InChI is InChI=1S/C22H29N3O3S2/c1-17(26)24-20-7-9-21(10-8-20)30(27,28)23-15-18-11-13-25(14-12-18)16-19-5-3-4-6-22(19)29-2/h3-10,18,23H,11-16H2,1-2H3,(H,24,26). The van der Waals surface area contributed by atoms with Crippen LogP contribution in [0, 0.1) is 5.92 Å². The number of carbonyl (C=O) groups is 1. The van der Waals surface area contributed by atoms with Crippen LogP contribution in [0.5, 0.6) is 0 Å². The van der Waals surface area contributed by atoms with Crippen LogP contribution in [0.1, 0.15) is 25.3 Å². The van der Waals surface area contributed by atoms with E-state index in [-0.39, 0.29) is 10.8 Å². The molecule has 30 heavy (non-hydrogen) atoms. The first-order valence-corrected chi connectivity index (χ1v) is 12.8. The van der Waals surface area contributed by atoms with Gasteiger partial charge in [0.15, 0.2) is 0 Å². The van der Waals surface area contributed by atoms with Crippen LogP contribution in [0.4, 0.5) is 5.69 Å². The number of hydrogen-bond donors (Lipinski definition) is 2. The lowest BCUT2D eigenvalue weighted by molar-refractivity contribution is -0.114. The molecule has 0 radical (unpaired) electrons. The molecule has 0 bridgehead atoms. The fraction of sp³-hybridized carbons (Fsp3) is 0.409. The van der Waals surface area contributed by atoms with Gasteiger partial charge < -0.3 is 5.32 Å². The molecule has 6 nitrogen and oxygen atoms in total. The van der Waals surface area contributed by atoms with Gasteiger partial charge in [0.05, 0.1) is 4.90 Å². The molecule has 0 unspecified atom stereocenters. The third-order valence-corrected chi connectivity index (χ3v) is 7.62. The minimum atomic E-state index is -3.56. The molecule has 0 atom stereocenters. The van der Waals surface area contributed by atoms with Crippen LogP contribution in [-0.4, -0.2) is 45.1 Å². The predicted octanol–water partition coefficient (Wildman–Crippen LogP) is 3.56. The second-order valence-corrected chi connectivity index (χ2v) is 10.2. The number of thioether (sulfide) groups is 1. The van der Waals surface area contributed by atoms with Gasteiger partial charge in [-0.15, -0.1) is 11.8 Å². The Morgan fingerprint density at radius 1 is 1.10 bits per heavy atom. The number of benzene rings is 2. The second kappa shape index (κ2) is 10.4. The Morgan fingerprint density at radius 3 is 2.40 bits per heavy atom. The van der Waals surface area contributed by atoms with Crippen molar-refractivity contribution in [1.29, 1.82) is 0 Å². The van der Waals surface area contributed by atoms with Crippen molar-refractivity contribution < 1.29 is 13.2 Å². The van der Waals surface area contributed by atoms with Crippen molar-refractivity contribution in [2.24, 2.45) is 5.92 Å². The van der Waals surface area contributed by atoms with Crippen molar-refractivity contribution in [3.63, 3.8) is 0 Å². The summed E-state index contributed by atoms with van der Waals surface area (Å²) in [5.74, 6) is 0.150. The zero-order valence-electron chi connectivity index (χ0n) is 17.4. The third-order valence-electron chi connectivity index (χ3n) is 5.34. The van der Waals surface area contributed by atoms with Gasteiger partial charge in [0.25, 0.3) is 0 Å². The van der Waals surface area contributed by atoms with E-state index in [1.807, 2.05) is 0 Å². The van der Waals surface area contributed by atoms with Gasteiger partial charge in [-0.3, -0.25) is 9.69 Å². The fourth-order valence-corrected chi connectivity index (χ4v) is 5.38. The Kier molecular flexibility index (Phi) is 7.93. The monoisotopic (exact) mass is 447 g/mol. The quantitative estimate of drug-likeness (QED) is 0.605. The highest BCUT2D eigenvalue weighted by atomic mass is 32.2. The molecule has 0 aromatic heterocycles. The largest absolute Gasteiger partial charge is 0.326 e. The molecule has 0 spiro atoms. The smallest absolute Gasteiger partial charge is 0.240 e. The summed E-state index contributed by atoms with van der Waals surface area (Å²) in [5, 5.41) is 2.64. The SMILES string of the molecule is CSc1ccccc1CN1CCC(CNS(=O)(=O)c2ccc(NC(C)=O)cc2)CC1. The Labute approximate surface area is 183 Å². The minimum Gasteiger partial charge on any atom is -0.326 e. The highest BCUT2D eigenvalue weighted by molar-refractivity contribution is 7.98. The summed E-state index contributed by atoms with van der Waals surface area (Å²) in [7, 11) is -3.56. The summed E-state index contributed by atoms with van der Waals surface area (Å²) in [6, 6.07) is 14.7. The summed E-state index contributed by atoms with van der Waals surface area (Å²) in [6.45, 7) is 4.75. The van der Waals surface area contributed by atoms with Crippen LogP contribution in [0.2, 0.25) is 0 Å². The Hall–Kier alpha value is -1.87. The number of carbonyl (C=O) groups excluding carboxylic acids is 1. The molecule has 1 saturated heterocycles. The molecule has 2 aromatic carbocycles. The van der Waals surface area contributed by atoms with E-state index in [1.165, 1.54) is 29.5 Å². The van der Waals surface area contributed by atoms with Crippen LogP contribution >= 0.6 is 11.8 Å². The molecule has 3 rings (SSSR count). The van der Waals surface area contributed by atoms with E-state index < -0.39 is 10.0 Å². The van der Waals surface area contributed by atoms with E-state index in [1.54, 1.807) is 23.9 Å².